The van der Waals surface area contributed by atoms with Crippen LogP contribution in [-0.4, -0.2) is 17.1 Å². The summed E-state index contributed by atoms with van der Waals surface area (Å²) in [6.07, 6.45) is 2.23. The van der Waals surface area contributed by atoms with Crippen molar-refractivity contribution < 1.29 is 9.59 Å². The highest BCUT2D eigenvalue weighted by molar-refractivity contribution is 6.09. The second-order valence-electron chi connectivity index (χ2n) is 3.19. The molecule has 0 aliphatic heterocycles. The standard InChI is InChI=1S/C9H17NO2/c1-4-5-6-9(10,7(2)11)8(3)12/h4-6,10H2,1-3H3. The van der Waals surface area contributed by atoms with Crippen LogP contribution in [-0.2, 0) is 9.59 Å². The lowest BCUT2D eigenvalue weighted by Crippen LogP contribution is -2.52. The SMILES string of the molecule is CCCCC(N)(C(C)=O)C(C)=O. The molecule has 0 atom stereocenters. The molecule has 70 valence electrons. The van der Waals surface area contributed by atoms with Crippen LogP contribution in [0, 0.1) is 0 Å². The van der Waals surface area contributed by atoms with E-state index >= 15 is 0 Å². The van der Waals surface area contributed by atoms with Crippen LogP contribution in [0.1, 0.15) is 40.0 Å². The summed E-state index contributed by atoms with van der Waals surface area (Å²) in [7, 11) is 0. The van der Waals surface area contributed by atoms with E-state index in [1.54, 1.807) is 0 Å². The fourth-order valence-electron chi connectivity index (χ4n) is 1.06. The molecule has 0 aliphatic rings. The van der Waals surface area contributed by atoms with E-state index in [0.29, 0.717) is 6.42 Å². The molecule has 0 heterocycles. The molecule has 3 nitrogen and oxygen atoms in total. The van der Waals surface area contributed by atoms with Crippen molar-refractivity contribution in [3.63, 3.8) is 0 Å². The fourth-order valence-corrected chi connectivity index (χ4v) is 1.06. The third kappa shape index (κ3) is 2.41. The molecule has 0 rings (SSSR count). The smallest absolute Gasteiger partial charge is 0.157 e. The van der Waals surface area contributed by atoms with Gasteiger partial charge in [-0.05, 0) is 20.3 Å². The van der Waals surface area contributed by atoms with Crippen LogP contribution in [0.4, 0.5) is 0 Å². The van der Waals surface area contributed by atoms with Crippen molar-refractivity contribution in [2.45, 2.75) is 45.6 Å². The molecule has 0 saturated heterocycles. The molecule has 3 heteroatoms. The first kappa shape index (κ1) is 11.3. The summed E-state index contributed by atoms with van der Waals surface area (Å²) in [5.41, 5.74) is 4.44. The Morgan fingerprint density at radius 3 is 1.92 bits per heavy atom. The normalized spacial score (nSPS) is 11.3. The van der Waals surface area contributed by atoms with Gasteiger partial charge in [0.05, 0.1) is 0 Å². The molecule has 0 aromatic rings. The quantitative estimate of drug-likeness (QED) is 0.629. The number of Topliss-reactive ketones (excluding diaryl/α,β-unsaturated/α-hetero) is 2. The second-order valence-corrected chi connectivity index (χ2v) is 3.19. The van der Waals surface area contributed by atoms with E-state index in [0.717, 1.165) is 12.8 Å². The summed E-state index contributed by atoms with van der Waals surface area (Å²) in [5.74, 6) is -0.466. The van der Waals surface area contributed by atoms with Gasteiger partial charge >= 0.3 is 0 Å². The number of hydrogen-bond donors (Lipinski definition) is 1. The molecule has 0 aromatic carbocycles. The number of carbonyl (C=O) groups is 2. The van der Waals surface area contributed by atoms with Crippen LogP contribution in [0.15, 0.2) is 0 Å². The summed E-state index contributed by atoms with van der Waals surface area (Å²) < 4.78 is 0. The third-order valence-corrected chi connectivity index (χ3v) is 2.18. The van der Waals surface area contributed by atoms with Crippen molar-refractivity contribution in [1.82, 2.24) is 0 Å². The summed E-state index contributed by atoms with van der Waals surface area (Å²) in [5, 5.41) is 0. The number of unbranched alkanes of at least 4 members (excludes halogenated alkanes) is 1. The van der Waals surface area contributed by atoms with Crippen molar-refractivity contribution in [2.75, 3.05) is 0 Å². The van der Waals surface area contributed by atoms with Crippen LogP contribution in [0.2, 0.25) is 0 Å². The van der Waals surface area contributed by atoms with E-state index in [1.165, 1.54) is 13.8 Å². The van der Waals surface area contributed by atoms with Crippen molar-refractivity contribution >= 4 is 11.6 Å². The molecule has 0 aromatic heterocycles. The maximum atomic E-state index is 11.1. The maximum absolute atomic E-state index is 11.1. The molecule has 0 spiro atoms. The highest BCUT2D eigenvalue weighted by Gasteiger charge is 2.34. The Balaban J connectivity index is 4.40. The molecule has 0 aliphatic carbocycles. The van der Waals surface area contributed by atoms with E-state index in [2.05, 4.69) is 0 Å². The van der Waals surface area contributed by atoms with E-state index in [4.69, 9.17) is 5.73 Å². The van der Waals surface area contributed by atoms with Gasteiger partial charge in [-0.2, -0.15) is 0 Å². The number of hydrogen-bond acceptors (Lipinski definition) is 3. The lowest BCUT2D eigenvalue weighted by atomic mass is 9.86. The monoisotopic (exact) mass is 171 g/mol. The Bertz CT molecular complexity index is 173. The van der Waals surface area contributed by atoms with Gasteiger partial charge in [-0.1, -0.05) is 19.8 Å². The summed E-state index contributed by atoms with van der Waals surface area (Å²) in [4.78, 5) is 22.1. The highest BCUT2D eigenvalue weighted by Crippen LogP contribution is 2.13. The van der Waals surface area contributed by atoms with Crippen LogP contribution >= 0.6 is 0 Å². The van der Waals surface area contributed by atoms with Gasteiger partial charge in [0, 0.05) is 0 Å². The van der Waals surface area contributed by atoms with Crippen LogP contribution in [0.3, 0.4) is 0 Å². The van der Waals surface area contributed by atoms with E-state index in [1.807, 2.05) is 6.92 Å². The molecule has 0 saturated carbocycles. The van der Waals surface area contributed by atoms with Gasteiger partial charge in [0.25, 0.3) is 0 Å². The molecule has 0 unspecified atom stereocenters. The number of nitrogens with two attached hydrogens (primary N) is 1. The van der Waals surface area contributed by atoms with Crippen molar-refractivity contribution in [3.05, 3.63) is 0 Å². The molecule has 0 radical (unpaired) electrons. The van der Waals surface area contributed by atoms with E-state index < -0.39 is 5.54 Å². The van der Waals surface area contributed by atoms with Crippen LogP contribution in [0.25, 0.3) is 0 Å². The first-order valence-corrected chi connectivity index (χ1v) is 4.26. The molecule has 0 fully saturated rings. The van der Waals surface area contributed by atoms with Gasteiger partial charge < -0.3 is 5.73 Å². The molecular weight excluding hydrogens is 154 g/mol. The van der Waals surface area contributed by atoms with Crippen LogP contribution in [0.5, 0.6) is 0 Å². The summed E-state index contributed by atoms with van der Waals surface area (Å²) >= 11 is 0. The Hall–Kier alpha value is -0.700. The Morgan fingerprint density at radius 2 is 1.67 bits per heavy atom. The van der Waals surface area contributed by atoms with Gasteiger partial charge in [-0.3, -0.25) is 9.59 Å². The predicted octanol–water partition coefficient (Wildman–Crippen LogP) is 1.05. The average Bonchev–Trinajstić information content (AvgIpc) is 1.99. The number of carbonyl (C=O) groups excluding carboxylic acids is 2. The van der Waals surface area contributed by atoms with Gasteiger partial charge in [-0.25, -0.2) is 0 Å². The van der Waals surface area contributed by atoms with Gasteiger partial charge in [0.2, 0.25) is 0 Å². The minimum absolute atomic E-state index is 0.233. The minimum Gasteiger partial charge on any atom is -0.313 e. The third-order valence-electron chi connectivity index (χ3n) is 2.18. The van der Waals surface area contributed by atoms with Crippen LogP contribution < -0.4 is 5.73 Å². The lowest BCUT2D eigenvalue weighted by Gasteiger charge is -2.22. The Labute approximate surface area is 73.3 Å². The largest absolute Gasteiger partial charge is 0.313 e. The van der Waals surface area contributed by atoms with E-state index in [9.17, 15) is 9.59 Å². The fraction of sp³-hybridized carbons (Fsp3) is 0.778. The summed E-state index contributed by atoms with van der Waals surface area (Å²) in [6.45, 7) is 4.74. The lowest BCUT2D eigenvalue weighted by molar-refractivity contribution is -0.132. The second kappa shape index (κ2) is 4.36. The number of rotatable bonds is 5. The summed E-state index contributed by atoms with van der Waals surface area (Å²) in [6, 6.07) is 0. The zero-order chi connectivity index (χ0) is 9.78. The Morgan fingerprint density at radius 1 is 1.25 bits per heavy atom. The van der Waals surface area contributed by atoms with Gasteiger partial charge in [0.15, 0.2) is 11.6 Å². The Kier molecular flexibility index (Phi) is 4.10. The molecular formula is C9H17NO2. The van der Waals surface area contributed by atoms with Crippen molar-refractivity contribution in [3.8, 4) is 0 Å². The van der Waals surface area contributed by atoms with E-state index in [-0.39, 0.29) is 11.6 Å². The first-order valence-electron chi connectivity index (χ1n) is 4.26. The average molecular weight is 171 g/mol. The highest BCUT2D eigenvalue weighted by atomic mass is 16.2. The minimum atomic E-state index is -1.23. The number of ketones is 2. The molecule has 0 bridgehead atoms. The molecule has 12 heavy (non-hydrogen) atoms. The van der Waals surface area contributed by atoms with Gasteiger partial charge in [-0.15, -0.1) is 0 Å². The maximum Gasteiger partial charge on any atom is 0.157 e. The molecule has 0 amide bonds. The zero-order valence-electron chi connectivity index (χ0n) is 8.02. The van der Waals surface area contributed by atoms with Gasteiger partial charge in [0.1, 0.15) is 5.54 Å². The van der Waals surface area contributed by atoms with Crippen molar-refractivity contribution in [2.24, 2.45) is 5.73 Å². The first-order chi connectivity index (χ1) is 5.45. The molecule has 2 N–H and O–H groups in total. The topological polar surface area (TPSA) is 60.2 Å². The zero-order valence-corrected chi connectivity index (χ0v) is 8.02. The van der Waals surface area contributed by atoms with Crippen molar-refractivity contribution in [1.29, 1.82) is 0 Å². The predicted molar refractivity (Wildman–Crippen MR) is 47.8 cm³/mol.